The first-order valence-corrected chi connectivity index (χ1v) is 8.63. The fraction of sp³-hybridized carbons (Fsp3) is 0.300. The lowest BCUT2D eigenvalue weighted by atomic mass is 10.1. The minimum atomic E-state index is -3.02. The molecule has 0 spiro atoms. The highest BCUT2D eigenvalue weighted by molar-refractivity contribution is 5.86. The van der Waals surface area contributed by atoms with Crippen molar-refractivity contribution in [3.63, 3.8) is 0 Å². The topological polar surface area (TPSA) is 69.2 Å². The van der Waals surface area contributed by atoms with Gasteiger partial charge in [0.25, 0.3) is 5.91 Å². The number of hydrogen-bond acceptors (Lipinski definition) is 5. The SMILES string of the molecule is CCOc1cccc(/C=N\NC(=O)COc2cc(C)ccc2C)c1OC(F)F. The molecule has 0 aliphatic carbocycles. The van der Waals surface area contributed by atoms with E-state index < -0.39 is 12.5 Å². The fourth-order valence-corrected chi connectivity index (χ4v) is 2.33. The highest BCUT2D eigenvalue weighted by atomic mass is 19.3. The smallest absolute Gasteiger partial charge is 0.387 e. The molecule has 1 N–H and O–H groups in total. The maximum atomic E-state index is 12.7. The minimum absolute atomic E-state index is 0.149. The number of carbonyl (C=O) groups excluding carboxylic acids is 1. The summed E-state index contributed by atoms with van der Waals surface area (Å²) >= 11 is 0. The zero-order valence-corrected chi connectivity index (χ0v) is 15.9. The van der Waals surface area contributed by atoms with Crippen molar-refractivity contribution in [2.45, 2.75) is 27.4 Å². The van der Waals surface area contributed by atoms with Crippen molar-refractivity contribution in [2.75, 3.05) is 13.2 Å². The number of nitrogens with one attached hydrogen (secondary N) is 1. The Bertz CT molecular complexity index is 841. The third kappa shape index (κ3) is 6.22. The summed E-state index contributed by atoms with van der Waals surface area (Å²) in [6.07, 6.45) is 1.20. The van der Waals surface area contributed by atoms with Gasteiger partial charge in [-0.05, 0) is 50.1 Å². The summed E-state index contributed by atoms with van der Waals surface area (Å²) < 4.78 is 40.7. The van der Waals surface area contributed by atoms with Gasteiger partial charge in [-0.25, -0.2) is 5.43 Å². The number of aryl methyl sites for hydroxylation is 2. The van der Waals surface area contributed by atoms with Crippen LogP contribution in [0, 0.1) is 13.8 Å². The van der Waals surface area contributed by atoms with Gasteiger partial charge in [0.1, 0.15) is 5.75 Å². The van der Waals surface area contributed by atoms with Gasteiger partial charge in [-0.3, -0.25) is 4.79 Å². The van der Waals surface area contributed by atoms with Crippen LogP contribution in [0.15, 0.2) is 41.5 Å². The number of rotatable bonds is 9. The number of ether oxygens (including phenoxy) is 3. The van der Waals surface area contributed by atoms with Crippen LogP contribution in [0.3, 0.4) is 0 Å². The molecule has 0 radical (unpaired) electrons. The normalized spacial score (nSPS) is 10.9. The molecule has 0 saturated heterocycles. The standard InChI is InChI=1S/C20H22F2N2O4/c1-4-26-16-7-5-6-15(19(16)28-20(21)22)11-23-24-18(25)12-27-17-10-13(2)8-9-14(17)3/h5-11,20H,4,12H2,1-3H3,(H,24,25)/b23-11-. The van der Waals surface area contributed by atoms with Crippen molar-refractivity contribution < 1.29 is 27.8 Å². The first-order valence-electron chi connectivity index (χ1n) is 8.63. The van der Waals surface area contributed by atoms with Crippen LogP contribution < -0.4 is 19.6 Å². The predicted molar refractivity (Wildman–Crippen MR) is 101 cm³/mol. The number of halogens is 2. The maximum Gasteiger partial charge on any atom is 0.387 e. The highest BCUT2D eigenvalue weighted by Gasteiger charge is 2.14. The van der Waals surface area contributed by atoms with Gasteiger partial charge >= 0.3 is 6.61 Å². The number of benzene rings is 2. The number of para-hydroxylation sites is 1. The lowest BCUT2D eigenvalue weighted by Crippen LogP contribution is -2.24. The van der Waals surface area contributed by atoms with Crippen molar-refractivity contribution in [3.8, 4) is 17.2 Å². The Hall–Kier alpha value is -3.16. The molecule has 0 bridgehead atoms. The third-order valence-corrected chi connectivity index (χ3v) is 3.61. The van der Waals surface area contributed by atoms with Gasteiger partial charge in [0, 0.05) is 5.56 Å². The molecular weight excluding hydrogens is 370 g/mol. The van der Waals surface area contributed by atoms with E-state index >= 15 is 0 Å². The van der Waals surface area contributed by atoms with E-state index in [9.17, 15) is 13.6 Å². The molecule has 0 heterocycles. The van der Waals surface area contributed by atoms with Crippen LogP contribution >= 0.6 is 0 Å². The van der Waals surface area contributed by atoms with E-state index in [0.29, 0.717) is 5.75 Å². The van der Waals surface area contributed by atoms with Gasteiger partial charge in [-0.1, -0.05) is 18.2 Å². The number of amides is 1. The van der Waals surface area contributed by atoms with Crippen molar-refractivity contribution in [2.24, 2.45) is 5.10 Å². The van der Waals surface area contributed by atoms with Gasteiger partial charge in [0.05, 0.1) is 12.8 Å². The average Bonchev–Trinajstić information content (AvgIpc) is 2.64. The zero-order valence-electron chi connectivity index (χ0n) is 15.9. The molecule has 0 atom stereocenters. The molecule has 0 aromatic heterocycles. The molecule has 0 saturated carbocycles. The first-order chi connectivity index (χ1) is 13.4. The molecule has 0 unspecified atom stereocenters. The molecule has 6 nitrogen and oxygen atoms in total. The molecule has 28 heavy (non-hydrogen) atoms. The molecule has 150 valence electrons. The number of hydrogen-bond donors (Lipinski definition) is 1. The van der Waals surface area contributed by atoms with Crippen LogP contribution in [0.4, 0.5) is 8.78 Å². The summed E-state index contributed by atoms with van der Waals surface area (Å²) in [5.74, 6) is 0.130. The van der Waals surface area contributed by atoms with Crippen molar-refractivity contribution >= 4 is 12.1 Å². The van der Waals surface area contributed by atoms with Crippen LogP contribution in [-0.2, 0) is 4.79 Å². The lowest BCUT2D eigenvalue weighted by Gasteiger charge is -2.13. The van der Waals surface area contributed by atoms with Crippen LogP contribution in [0.1, 0.15) is 23.6 Å². The van der Waals surface area contributed by atoms with Gasteiger partial charge in [-0.15, -0.1) is 0 Å². The first kappa shape index (κ1) is 21.1. The van der Waals surface area contributed by atoms with E-state index in [2.05, 4.69) is 15.3 Å². The van der Waals surface area contributed by atoms with E-state index in [4.69, 9.17) is 9.47 Å². The molecule has 0 aliphatic heterocycles. The van der Waals surface area contributed by atoms with Crippen LogP contribution in [-0.4, -0.2) is 31.9 Å². The molecule has 8 heteroatoms. The van der Waals surface area contributed by atoms with E-state index in [0.717, 1.165) is 11.1 Å². The second-order valence-electron chi connectivity index (χ2n) is 5.84. The zero-order chi connectivity index (χ0) is 20.5. The lowest BCUT2D eigenvalue weighted by molar-refractivity contribution is -0.123. The Morgan fingerprint density at radius 1 is 1.18 bits per heavy atom. The van der Waals surface area contributed by atoms with Gasteiger partial charge < -0.3 is 14.2 Å². The summed E-state index contributed by atoms with van der Waals surface area (Å²) in [6, 6.07) is 10.3. The van der Waals surface area contributed by atoms with E-state index in [1.54, 1.807) is 13.0 Å². The van der Waals surface area contributed by atoms with E-state index in [1.807, 2.05) is 32.0 Å². The highest BCUT2D eigenvalue weighted by Crippen LogP contribution is 2.31. The summed E-state index contributed by atoms with van der Waals surface area (Å²) in [5.41, 5.74) is 4.45. The number of hydrazone groups is 1. The summed E-state index contributed by atoms with van der Waals surface area (Å²) in [6.45, 7) is 2.55. The summed E-state index contributed by atoms with van der Waals surface area (Å²) in [4.78, 5) is 11.9. The summed E-state index contributed by atoms with van der Waals surface area (Å²) in [7, 11) is 0. The largest absolute Gasteiger partial charge is 0.490 e. The van der Waals surface area contributed by atoms with Crippen LogP contribution in [0.25, 0.3) is 0 Å². The van der Waals surface area contributed by atoms with Crippen molar-refractivity contribution in [3.05, 3.63) is 53.1 Å². The molecule has 1 amide bonds. The van der Waals surface area contributed by atoms with E-state index in [1.165, 1.54) is 18.3 Å². The molecule has 0 fully saturated rings. The quantitative estimate of drug-likeness (QED) is 0.520. The number of alkyl halides is 2. The Morgan fingerprint density at radius 2 is 1.96 bits per heavy atom. The third-order valence-electron chi connectivity index (χ3n) is 3.61. The number of nitrogens with zero attached hydrogens (tertiary/aromatic N) is 1. The van der Waals surface area contributed by atoms with Gasteiger partial charge in [0.15, 0.2) is 18.1 Å². The van der Waals surface area contributed by atoms with Crippen LogP contribution in [0.2, 0.25) is 0 Å². The Kier molecular flexibility index (Phi) is 7.74. The molecule has 2 aromatic rings. The van der Waals surface area contributed by atoms with Gasteiger partial charge in [-0.2, -0.15) is 13.9 Å². The predicted octanol–water partition coefficient (Wildman–Crippen LogP) is 3.83. The second kappa shape index (κ2) is 10.2. The second-order valence-corrected chi connectivity index (χ2v) is 5.84. The molecular formula is C20H22F2N2O4. The maximum absolute atomic E-state index is 12.7. The molecule has 0 aliphatic rings. The van der Waals surface area contributed by atoms with Gasteiger partial charge in [0.2, 0.25) is 0 Å². The average molecular weight is 392 g/mol. The Labute approximate surface area is 162 Å². The summed E-state index contributed by atoms with van der Waals surface area (Å²) in [5, 5.41) is 3.78. The number of carbonyl (C=O) groups is 1. The molecule has 2 aromatic carbocycles. The molecule has 2 rings (SSSR count). The van der Waals surface area contributed by atoms with Crippen molar-refractivity contribution in [1.82, 2.24) is 5.43 Å². The van der Waals surface area contributed by atoms with Crippen molar-refractivity contribution in [1.29, 1.82) is 0 Å². The minimum Gasteiger partial charge on any atom is -0.490 e. The Balaban J connectivity index is 2.00. The van der Waals surface area contributed by atoms with Crippen LogP contribution in [0.5, 0.6) is 17.2 Å². The fourth-order valence-electron chi connectivity index (χ4n) is 2.33. The van der Waals surface area contributed by atoms with E-state index in [-0.39, 0.29) is 30.3 Å². The monoisotopic (exact) mass is 392 g/mol. The Morgan fingerprint density at radius 3 is 2.68 bits per heavy atom.